The minimum absolute atomic E-state index is 0.320. The van der Waals surface area contributed by atoms with Crippen molar-refractivity contribution in [3.63, 3.8) is 0 Å². The summed E-state index contributed by atoms with van der Waals surface area (Å²) in [6, 6.07) is 5.50. The minimum Gasteiger partial charge on any atom is -0.378 e. The molecule has 0 saturated carbocycles. The van der Waals surface area contributed by atoms with E-state index in [1.165, 1.54) is 0 Å². The highest BCUT2D eigenvalue weighted by atomic mass is 127. The molecule has 0 heterocycles. The number of nitrogens with one attached hydrogen (secondary N) is 1. The number of halogens is 4. The topological polar surface area (TPSA) is 12.0 Å². The molecule has 0 aliphatic carbocycles. The Labute approximate surface area is 97.2 Å². The molecule has 0 atom stereocenters. The molecule has 5 heteroatoms. The first kappa shape index (κ1) is 11.2. The Morgan fingerprint density at radius 1 is 1.46 bits per heavy atom. The van der Waals surface area contributed by atoms with Gasteiger partial charge in [-0.1, -0.05) is 0 Å². The summed E-state index contributed by atoms with van der Waals surface area (Å²) in [5.41, 5.74) is 0.695. The summed E-state index contributed by atoms with van der Waals surface area (Å²) in [4.78, 5) is 0. The van der Waals surface area contributed by atoms with Crippen molar-refractivity contribution in [2.75, 3.05) is 11.9 Å². The fourth-order valence-corrected chi connectivity index (χ4v) is 2.26. The molecule has 0 saturated heterocycles. The van der Waals surface area contributed by atoms with Crippen molar-refractivity contribution in [3.05, 3.63) is 26.2 Å². The van der Waals surface area contributed by atoms with Gasteiger partial charge in [0.1, 0.15) is 0 Å². The van der Waals surface area contributed by atoms with Crippen LogP contribution in [0.5, 0.6) is 0 Å². The van der Waals surface area contributed by atoms with Crippen LogP contribution in [0.3, 0.4) is 0 Å². The molecule has 0 spiro atoms. The monoisotopic (exact) mass is 361 g/mol. The van der Waals surface area contributed by atoms with Crippen LogP contribution in [-0.2, 0) is 0 Å². The standard InChI is InChI=1S/C8H7BrF2IN/c9-6-3-5(12)1-2-7(6)13-4-8(10)11/h1-3,8,13H,4H2. The first-order valence-electron chi connectivity index (χ1n) is 3.56. The average Bonchev–Trinajstić information content (AvgIpc) is 2.02. The van der Waals surface area contributed by atoms with E-state index >= 15 is 0 Å². The molecule has 0 bridgehead atoms. The van der Waals surface area contributed by atoms with Crippen LogP contribution in [0, 0.1) is 3.57 Å². The Bertz CT molecular complexity index is 293. The fourth-order valence-electron chi connectivity index (χ4n) is 0.820. The van der Waals surface area contributed by atoms with Crippen LogP contribution in [0.15, 0.2) is 22.7 Å². The van der Waals surface area contributed by atoms with Crippen molar-refractivity contribution in [1.82, 2.24) is 0 Å². The van der Waals surface area contributed by atoms with Crippen LogP contribution in [0.25, 0.3) is 0 Å². The highest BCUT2D eigenvalue weighted by Crippen LogP contribution is 2.24. The highest BCUT2D eigenvalue weighted by Gasteiger charge is 2.04. The Balaban J connectivity index is 2.67. The summed E-state index contributed by atoms with van der Waals surface area (Å²) < 4.78 is 25.6. The Morgan fingerprint density at radius 3 is 2.69 bits per heavy atom. The quantitative estimate of drug-likeness (QED) is 0.809. The first-order valence-corrected chi connectivity index (χ1v) is 5.44. The molecule has 0 aromatic heterocycles. The van der Waals surface area contributed by atoms with Crippen LogP contribution >= 0.6 is 38.5 Å². The summed E-state index contributed by atoms with van der Waals surface area (Å²) in [6.45, 7) is -0.320. The second-order valence-corrected chi connectivity index (χ2v) is 4.50. The van der Waals surface area contributed by atoms with E-state index in [-0.39, 0.29) is 6.54 Å². The van der Waals surface area contributed by atoms with E-state index in [9.17, 15) is 8.78 Å². The molecule has 1 nitrogen and oxygen atoms in total. The van der Waals surface area contributed by atoms with E-state index in [0.717, 1.165) is 8.04 Å². The first-order chi connectivity index (χ1) is 6.09. The van der Waals surface area contributed by atoms with Crippen LogP contribution in [0.2, 0.25) is 0 Å². The van der Waals surface area contributed by atoms with E-state index in [4.69, 9.17) is 0 Å². The predicted molar refractivity (Wildman–Crippen MR) is 61.4 cm³/mol. The maximum atomic E-state index is 11.9. The van der Waals surface area contributed by atoms with Crippen molar-refractivity contribution in [2.24, 2.45) is 0 Å². The van der Waals surface area contributed by atoms with Crippen LogP contribution in [0.1, 0.15) is 0 Å². The van der Waals surface area contributed by atoms with Gasteiger partial charge in [-0.05, 0) is 56.7 Å². The SMILES string of the molecule is FC(F)CNc1ccc(I)cc1Br. The van der Waals surface area contributed by atoms with Gasteiger partial charge in [-0.2, -0.15) is 0 Å². The molecule has 0 aliphatic rings. The molecule has 0 radical (unpaired) electrons. The molecular formula is C8H7BrF2IN. The van der Waals surface area contributed by atoms with E-state index in [1.54, 1.807) is 6.07 Å². The third-order valence-corrected chi connectivity index (χ3v) is 2.71. The molecule has 1 N–H and O–H groups in total. The van der Waals surface area contributed by atoms with Crippen molar-refractivity contribution < 1.29 is 8.78 Å². The second kappa shape index (κ2) is 5.09. The van der Waals surface area contributed by atoms with Gasteiger partial charge in [0.25, 0.3) is 6.43 Å². The normalized spacial score (nSPS) is 10.5. The molecule has 13 heavy (non-hydrogen) atoms. The molecule has 1 aromatic carbocycles. The van der Waals surface area contributed by atoms with Crippen LogP contribution < -0.4 is 5.32 Å². The zero-order valence-corrected chi connectivity index (χ0v) is 10.3. The second-order valence-electron chi connectivity index (χ2n) is 2.40. The number of hydrogen-bond acceptors (Lipinski definition) is 1. The lowest BCUT2D eigenvalue weighted by Crippen LogP contribution is -2.10. The maximum absolute atomic E-state index is 11.9. The van der Waals surface area contributed by atoms with Gasteiger partial charge in [-0.3, -0.25) is 0 Å². The van der Waals surface area contributed by atoms with Gasteiger partial charge in [0.05, 0.1) is 6.54 Å². The lowest BCUT2D eigenvalue weighted by molar-refractivity contribution is 0.163. The van der Waals surface area contributed by atoms with Gasteiger partial charge in [0, 0.05) is 13.7 Å². The Hall–Kier alpha value is 0.0900. The summed E-state index contributed by atoms with van der Waals surface area (Å²) in [5.74, 6) is 0. The third-order valence-electron chi connectivity index (χ3n) is 1.38. The van der Waals surface area contributed by atoms with E-state index in [1.807, 2.05) is 12.1 Å². The van der Waals surface area contributed by atoms with Crippen molar-refractivity contribution in [2.45, 2.75) is 6.43 Å². The molecule has 1 aromatic rings. The molecular weight excluding hydrogens is 355 g/mol. The lowest BCUT2D eigenvalue weighted by atomic mass is 10.3. The molecule has 0 fully saturated rings. The largest absolute Gasteiger partial charge is 0.378 e. The molecule has 1 rings (SSSR count). The van der Waals surface area contributed by atoms with Crippen LogP contribution in [0.4, 0.5) is 14.5 Å². The summed E-state index contributed by atoms with van der Waals surface area (Å²) in [5, 5.41) is 2.64. The molecule has 0 amide bonds. The number of benzene rings is 1. The van der Waals surface area contributed by atoms with E-state index in [2.05, 4.69) is 43.8 Å². The van der Waals surface area contributed by atoms with Gasteiger partial charge in [-0.15, -0.1) is 0 Å². The predicted octanol–water partition coefficient (Wildman–Crippen LogP) is 3.73. The van der Waals surface area contributed by atoms with E-state index in [0.29, 0.717) is 5.69 Å². The zero-order chi connectivity index (χ0) is 9.84. The van der Waals surface area contributed by atoms with Crippen LogP contribution in [-0.4, -0.2) is 13.0 Å². The highest BCUT2D eigenvalue weighted by molar-refractivity contribution is 14.1. The van der Waals surface area contributed by atoms with Crippen molar-refractivity contribution in [3.8, 4) is 0 Å². The molecule has 0 unspecified atom stereocenters. The van der Waals surface area contributed by atoms with Crippen molar-refractivity contribution >= 4 is 44.2 Å². The smallest absolute Gasteiger partial charge is 0.255 e. The average molecular weight is 362 g/mol. The summed E-state index contributed by atoms with van der Waals surface area (Å²) in [6.07, 6.45) is -2.33. The maximum Gasteiger partial charge on any atom is 0.255 e. The molecule has 0 aliphatic heterocycles. The van der Waals surface area contributed by atoms with Crippen molar-refractivity contribution in [1.29, 1.82) is 0 Å². The Kier molecular flexibility index (Phi) is 4.37. The lowest BCUT2D eigenvalue weighted by Gasteiger charge is -2.07. The number of hydrogen-bond donors (Lipinski definition) is 1. The van der Waals surface area contributed by atoms with E-state index < -0.39 is 6.43 Å². The van der Waals surface area contributed by atoms with Gasteiger partial charge >= 0.3 is 0 Å². The number of rotatable bonds is 3. The third kappa shape index (κ3) is 3.76. The zero-order valence-electron chi connectivity index (χ0n) is 6.53. The van der Waals surface area contributed by atoms with Gasteiger partial charge in [0.15, 0.2) is 0 Å². The minimum atomic E-state index is -2.33. The number of anilines is 1. The number of alkyl halides is 2. The van der Waals surface area contributed by atoms with Gasteiger partial charge in [0.2, 0.25) is 0 Å². The van der Waals surface area contributed by atoms with Gasteiger partial charge in [-0.25, -0.2) is 8.78 Å². The fraction of sp³-hybridized carbons (Fsp3) is 0.250. The summed E-state index contributed by atoms with van der Waals surface area (Å²) >= 11 is 5.44. The molecule has 72 valence electrons. The summed E-state index contributed by atoms with van der Waals surface area (Å²) in [7, 11) is 0. The van der Waals surface area contributed by atoms with Gasteiger partial charge < -0.3 is 5.32 Å². The Morgan fingerprint density at radius 2 is 2.15 bits per heavy atom.